The maximum absolute atomic E-state index is 12.4. The molecule has 1 amide bonds. The number of hydrogen-bond donors (Lipinski definition) is 1. The Morgan fingerprint density at radius 2 is 2.38 bits per heavy atom. The van der Waals surface area contributed by atoms with Gasteiger partial charge in [0.05, 0.1) is 0 Å². The van der Waals surface area contributed by atoms with Crippen molar-refractivity contribution >= 4 is 11.6 Å². The lowest BCUT2D eigenvalue weighted by molar-refractivity contribution is 0.0924. The van der Waals surface area contributed by atoms with Crippen molar-refractivity contribution in [3.05, 3.63) is 35.8 Å². The first kappa shape index (κ1) is 12.4. The van der Waals surface area contributed by atoms with E-state index >= 15 is 0 Å². The summed E-state index contributed by atoms with van der Waals surface area (Å²) in [6.07, 6.45) is 10.1. The predicted molar refractivity (Wildman–Crippen MR) is 78.9 cm³/mol. The average molecular weight is 280 g/mol. The second kappa shape index (κ2) is 4.61. The van der Waals surface area contributed by atoms with E-state index in [0.29, 0.717) is 22.8 Å². The summed E-state index contributed by atoms with van der Waals surface area (Å²) in [5, 5.41) is 3.15. The molecule has 5 nitrogen and oxygen atoms in total. The van der Waals surface area contributed by atoms with Crippen LogP contribution in [0.1, 0.15) is 22.5 Å². The minimum absolute atomic E-state index is 0.0264. The topological polar surface area (TPSA) is 49.6 Å². The summed E-state index contributed by atoms with van der Waals surface area (Å²) >= 11 is 0. The van der Waals surface area contributed by atoms with Crippen LogP contribution in [0.15, 0.2) is 24.5 Å². The van der Waals surface area contributed by atoms with Gasteiger partial charge in [-0.05, 0) is 36.9 Å². The zero-order valence-electron chi connectivity index (χ0n) is 11.6. The lowest BCUT2D eigenvalue weighted by Gasteiger charge is -2.23. The molecule has 0 aliphatic carbocycles. The number of hydrogen-bond acceptors (Lipinski definition) is 3. The Kier molecular flexibility index (Phi) is 2.72. The van der Waals surface area contributed by atoms with Gasteiger partial charge in [0.1, 0.15) is 11.3 Å². The van der Waals surface area contributed by atoms with E-state index < -0.39 is 0 Å². The van der Waals surface area contributed by atoms with Gasteiger partial charge in [0.15, 0.2) is 0 Å². The van der Waals surface area contributed by atoms with E-state index in [0.717, 1.165) is 13.1 Å². The molecule has 2 aromatic heterocycles. The number of fused-ring (bicyclic) bond motifs is 3. The lowest BCUT2D eigenvalue weighted by atomic mass is 10.00. The lowest BCUT2D eigenvalue weighted by Crippen LogP contribution is -2.43. The highest BCUT2D eigenvalue weighted by molar-refractivity contribution is 5.95. The minimum atomic E-state index is -0.0264. The molecule has 2 fully saturated rings. The Balaban J connectivity index is 1.55. The van der Waals surface area contributed by atoms with Gasteiger partial charge in [-0.25, -0.2) is 4.98 Å². The van der Waals surface area contributed by atoms with Gasteiger partial charge < -0.3 is 14.6 Å². The van der Waals surface area contributed by atoms with Crippen molar-refractivity contribution in [1.29, 1.82) is 0 Å². The molecule has 106 valence electrons. The van der Waals surface area contributed by atoms with E-state index in [4.69, 9.17) is 6.42 Å². The molecule has 5 heteroatoms. The first-order valence-electron chi connectivity index (χ1n) is 7.21. The smallest absolute Gasteiger partial charge is 0.251 e. The monoisotopic (exact) mass is 280 g/mol. The first-order chi connectivity index (χ1) is 10.2. The summed E-state index contributed by atoms with van der Waals surface area (Å²) in [6, 6.07) is 3.87. The number of imidazole rings is 1. The fraction of sp³-hybridized carbons (Fsp3) is 0.375. The van der Waals surface area contributed by atoms with E-state index in [-0.39, 0.29) is 11.9 Å². The van der Waals surface area contributed by atoms with Crippen molar-refractivity contribution in [3.63, 3.8) is 0 Å². The Bertz CT molecular complexity index is 757. The highest BCUT2D eigenvalue weighted by Crippen LogP contribution is 2.27. The molecule has 0 saturated carbocycles. The van der Waals surface area contributed by atoms with Crippen LogP contribution in [0.5, 0.6) is 0 Å². The van der Waals surface area contributed by atoms with Crippen LogP contribution in [-0.2, 0) is 0 Å². The summed E-state index contributed by atoms with van der Waals surface area (Å²) < 4.78 is 1.83. The van der Waals surface area contributed by atoms with Gasteiger partial charge in [-0.15, -0.1) is 6.42 Å². The fourth-order valence-electron chi connectivity index (χ4n) is 3.39. The molecule has 1 N–H and O–H groups in total. The zero-order chi connectivity index (χ0) is 14.4. The van der Waals surface area contributed by atoms with Crippen molar-refractivity contribution in [1.82, 2.24) is 19.6 Å². The standard InChI is InChI=1S/C16H16N4O/c1-2-13-9-20-6-4-11(7-15(20)17-13)16(21)18-14-10-19-5-3-12(14)8-19/h1,4,6-7,9,12,14H,3,5,8,10H2,(H,18,21)/t12-,14?/m0/s1. The Morgan fingerprint density at radius 3 is 3.10 bits per heavy atom. The summed E-state index contributed by atoms with van der Waals surface area (Å²) in [5.41, 5.74) is 1.91. The van der Waals surface area contributed by atoms with Crippen molar-refractivity contribution in [2.24, 2.45) is 5.92 Å². The van der Waals surface area contributed by atoms with Gasteiger partial charge >= 0.3 is 0 Å². The van der Waals surface area contributed by atoms with Gasteiger partial charge in [0.25, 0.3) is 5.91 Å². The maximum atomic E-state index is 12.4. The highest BCUT2D eigenvalue weighted by Gasteiger charge is 2.38. The third-order valence-corrected chi connectivity index (χ3v) is 4.52. The Labute approximate surface area is 123 Å². The first-order valence-corrected chi connectivity index (χ1v) is 7.21. The van der Waals surface area contributed by atoms with Crippen LogP contribution in [0.3, 0.4) is 0 Å². The molecule has 2 aromatic rings. The summed E-state index contributed by atoms with van der Waals surface area (Å²) in [7, 11) is 0. The maximum Gasteiger partial charge on any atom is 0.251 e. The van der Waals surface area contributed by atoms with Crippen LogP contribution in [0, 0.1) is 18.3 Å². The summed E-state index contributed by atoms with van der Waals surface area (Å²) in [6.45, 7) is 3.27. The number of piperidine rings is 1. The number of carbonyl (C=O) groups is 1. The number of rotatable bonds is 2. The molecule has 4 heterocycles. The predicted octanol–water partition coefficient (Wildman–Crippen LogP) is 0.749. The molecule has 3 atom stereocenters. The molecule has 2 saturated heterocycles. The number of aromatic nitrogens is 2. The number of carbonyl (C=O) groups excluding carboxylic acids is 1. The molecule has 0 aromatic carbocycles. The normalized spacial score (nSPS) is 26.9. The van der Waals surface area contributed by atoms with Crippen molar-refractivity contribution in [2.75, 3.05) is 19.6 Å². The van der Waals surface area contributed by atoms with E-state index in [1.807, 2.05) is 10.6 Å². The largest absolute Gasteiger partial charge is 0.348 e. The van der Waals surface area contributed by atoms with Gasteiger partial charge in [-0.3, -0.25) is 4.79 Å². The highest BCUT2D eigenvalue weighted by atomic mass is 16.1. The van der Waals surface area contributed by atoms with Crippen LogP contribution >= 0.6 is 0 Å². The number of nitrogens with one attached hydrogen (secondary N) is 1. The van der Waals surface area contributed by atoms with E-state index in [1.165, 1.54) is 13.0 Å². The molecular formula is C16H16N4O. The van der Waals surface area contributed by atoms with Crippen LogP contribution in [-0.4, -0.2) is 45.9 Å². The van der Waals surface area contributed by atoms with Crippen LogP contribution in [0.4, 0.5) is 0 Å². The molecule has 2 bridgehead atoms. The second-order valence-corrected chi connectivity index (χ2v) is 5.84. The summed E-state index contributed by atoms with van der Waals surface area (Å²) in [5.74, 6) is 3.09. The quantitative estimate of drug-likeness (QED) is 0.826. The molecule has 21 heavy (non-hydrogen) atoms. The van der Waals surface area contributed by atoms with Gasteiger partial charge in [-0.2, -0.15) is 0 Å². The minimum Gasteiger partial charge on any atom is -0.348 e. The molecular weight excluding hydrogens is 264 g/mol. The number of terminal acetylenes is 1. The van der Waals surface area contributed by atoms with Gasteiger partial charge in [-0.1, -0.05) is 0 Å². The molecule has 2 unspecified atom stereocenters. The van der Waals surface area contributed by atoms with Gasteiger partial charge in [0, 0.05) is 37.1 Å². The second-order valence-electron chi connectivity index (χ2n) is 5.84. The fourth-order valence-corrected chi connectivity index (χ4v) is 3.39. The molecule has 0 radical (unpaired) electrons. The van der Waals surface area contributed by atoms with Crippen LogP contribution in [0.25, 0.3) is 5.65 Å². The van der Waals surface area contributed by atoms with Gasteiger partial charge in [0.2, 0.25) is 0 Å². The zero-order valence-corrected chi connectivity index (χ0v) is 11.6. The van der Waals surface area contributed by atoms with E-state index in [1.54, 1.807) is 18.3 Å². The third kappa shape index (κ3) is 2.08. The average Bonchev–Trinajstić information content (AvgIpc) is 3.20. The summed E-state index contributed by atoms with van der Waals surface area (Å²) in [4.78, 5) is 19.1. The molecule has 2 aliphatic heterocycles. The van der Waals surface area contributed by atoms with Crippen molar-refractivity contribution in [2.45, 2.75) is 12.5 Å². The van der Waals surface area contributed by atoms with E-state index in [9.17, 15) is 4.79 Å². The number of nitrogens with zero attached hydrogens (tertiary/aromatic N) is 3. The van der Waals surface area contributed by atoms with Crippen molar-refractivity contribution < 1.29 is 4.79 Å². The number of pyridine rings is 1. The third-order valence-electron chi connectivity index (χ3n) is 4.52. The number of amides is 1. The Hall–Kier alpha value is -2.32. The van der Waals surface area contributed by atoms with Crippen molar-refractivity contribution in [3.8, 4) is 12.3 Å². The molecule has 4 rings (SSSR count). The molecule has 0 spiro atoms. The van der Waals surface area contributed by atoms with Crippen LogP contribution < -0.4 is 5.32 Å². The van der Waals surface area contributed by atoms with Crippen LogP contribution in [0.2, 0.25) is 0 Å². The Morgan fingerprint density at radius 1 is 1.48 bits per heavy atom. The molecule has 2 aliphatic rings. The van der Waals surface area contributed by atoms with E-state index in [2.05, 4.69) is 21.1 Å². The SMILES string of the molecule is C#Cc1cn2ccc(C(=O)NC3CN4CC[C@H]3C4)cc2n1.